The van der Waals surface area contributed by atoms with Crippen LogP contribution in [0.2, 0.25) is 5.02 Å². The zero-order valence-corrected chi connectivity index (χ0v) is 20.2. The molecule has 0 radical (unpaired) electrons. The molecule has 2 aromatic rings. The first-order valence-electron chi connectivity index (χ1n) is 11.1. The highest BCUT2D eigenvalue weighted by Gasteiger charge is 2.45. The minimum Gasteiger partial charge on any atom is -0.444 e. The van der Waals surface area contributed by atoms with Crippen LogP contribution < -0.4 is 26.4 Å². The second-order valence-corrected chi connectivity index (χ2v) is 9.50. The summed E-state index contributed by atoms with van der Waals surface area (Å²) in [6, 6.07) is 4.92. The van der Waals surface area contributed by atoms with E-state index in [4.69, 9.17) is 27.9 Å². The normalized spacial score (nSPS) is 23.3. The molecule has 1 saturated carbocycles. The maximum atomic E-state index is 13.0. The Morgan fingerprint density at radius 2 is 2.03 bits per heavy atom. The summed E-state index contributed by atoms with van der Waals surface area (Å²) in [6.07, 6.45) is 2.38. The number of carbonyl (C=O) groups is 2. The zero-order chi connectivity index (χ0) is 25.0. The van der Waals surface area contributed by atoms with Crippen molar-refractivity contribution in [3.63, 3.8) is 0 Å². The van der Waals surface area contributed by atoms with Gasteiger partial charge in [0.2, 0.25) is 0 Å². The van der Waals surface area contributed by atoms with Crippen LogP contribution in [0, 0.1) is 11.2 Å². The van der Waals surface area contributed by atoms with Crippen LogP contribution in [0.4, 0.5) is 25.4 Å². The number of nitrogens with one attached hydrogen (secondary N) is 4. The Morgan fingerprint density at radius 1 is 1.29 bits per heavy atom. The Kier molecular flexibility index (Phi) is 7.66. The molecule has 10 nitrogen and oxygen atoms in total. The molecule has 1 atom stereocenters. The van der Waals surface area contributed by atoms with Gasteiger partial charge in [0.1, 0.15) is 16.9 Å². The van der Waals surface area contributed by atoms with Crippen molar-refractivity contribution in [1.29, 1.82) is 0 Å². The molecule has 35 heavy (non-hydrogen) atoms. The fourth-order valence-corrected chi connectivity index (χ4v) is 4.88. The number of benzene rings is 1. The monoisotopic (exact) mass is 526 g/mol. The fraction of sp³-hybridized carbons (Fsp3) is 0.455. The summed E-state index contributed by atoms with van der Waals surface area (Å²) in [6.45, 7) is 1.31. The smallest absolute Gasteiger partial charge is 0.407 e. The van der Waals surface area contributed by atoms with Gasteiger partial charge in [-0.15, -0.1) is 11.6 Å². The van der Waals surface area contributed by atoms with E-state index in [2.05, 4.69) is 26.1 Å². The number of alkyl carbamates (subject to hydrolysis) is 1. The van der Waals surface area contributed by atoms with Crippen LogP contribution in [0.25, 0.3) is 0 Å². The van der Waals surface area contributed by atoms with Crippen LogP contribution in [0.5, 0.6) is 0 Å². The Balaban J connectivity index is 1.18. The first-order valence-corrected chi connectivity index (χ1v) is 12.0. The van der Waals surface area contributed by atoms with E-state index in [0.717, 1.165) is 0 Å². The van der Waals surface area contributed by atoms with Crippen molar-refractivity contribution in [2.45, 2.75) is 31.4 Å². The van der Waals surface area contributed by atoms with Crippen molar-refractivity contribution in [2.24, 2.45) is 5.41 Å². The Morgan fingerprint density at radius 3 is 2.74 bits per heavy atom. The largest absolute Gasteiger partial charge is 0.444 e. The number of aromatic nitrogens is 2. The number of aromatic amines is 1. The highest BCUT2D eigenvalue weighted by atomic mass is 35.5. The standard InChI is InChI=1S/C22H25Cl2FN6O4/c23-11-22(12-26-20(33)28-14-3-1-13(25)2-4-14)7-15(8-22)29-21(34)35-16-5-6-31(10-16)17-9-27-30-19(32)18(17)24/h1-4,9,15-16H,5-8,10-12H2,(H,29,34)(H,30,32)(H2,26,28,33)/t15?,16-,22?/m1/s1. The molecule has 4 rings (SSSR count). The number of nitrogens with zero attached hydrogens (tertiary/aromatic N) is 2. The third kappa shape index (κ3) is 6.15. The lowest BCUT2D eigenvalue weighted by atomic mass is 9.66. The fourth-order valence-electron chi connectivity index (χ4n) is 4.35. The van der Waals surface area contributed by atoms with E-state index in [1.54, 1.807) is 0 Å². The highest BCUT2D eigenvalue weighted by molar-refractivity contribution is 6.33. The van der Waals surface area contributed by atoms with Gasteiger partial charge in [0, 0.05) is 42.5 Å². The van der Waals surface area contributed by atoms with E-state index in [-0.39, 0.29) is 28.4 Å². The van der Waals surface area contributed by atoms with Gasteiger partial charge < -0.3 is 25.6 Å². The molecule has 1 aromatic heterocycles. The van der Waals surface area contributed by atoms with Gasteiger partial charge in [-0.25, -0.2) is 19.1 Å². The second kappa shape index (κ2) is 10.7. The van der Waals surface area contributed by atoms with Crippen LogP contribution in [0.15, 0.2) is 35.3 Å². The van der Waals surface area contributed by atoms with Crippen LogP contribution in [0.3, 0.4) is 0 Å². The lowest BCUT2D eigenvalue weighted by molar-refractivity contribution is 0.0739. The van der Waals surface area contributed by atoms with Gasteiger partial charge in [-0.05, 0) is 37.1 Å². The summed E-state index contributed by atoms with van der Waals surface area (Å²) in [5.74, 6) is -0.0667. The van der Waals surface area contributed by atoms with Crippen molar-refractivity contribution >= 4 is 46.7 Å². The predicted octanol–water partition coefficient (Wildman–Crippen LogP) is 3.08. The molecule has 0 bridgehead atoms. The number of urea groups is 1. The summed E-state index contributed by atoms with van der Waals surface area (Å²) >= 11 is 12.2. The Hall–Kier alpha value is -3.05. The minimum atomic E-state index is -0.526. The first kappa shape index (κ1) is 25.1. The second-order valence-electron chi connectivity index (χ2n) is 8.86. The van der Waals surface area contributed by atoms with Gasteiger partial charge in [0.15, 0.2) is 0 Å². The molecule has 2 heterocycles. The number of halogens is 3. The Bertz CT molecular complexity index is 1130. The molecule has 13 heteroatoms. The molecule has 0 spiro atoms. The number of anilines is 2. The van der Waals surface area contributed by atoms with Gasteiger partial charge in [-0.1, -0.05) is 11.6 Å². The van der Waals surface area contributed by atoms with E-state index < -0.39 is 17.7 Å². The molecule has 2 aliphatic rings. The third-order valence-electron chi connectivity index (χ3n) is 6.23. The highest BCUT2D eigenvalue weighted by Crippen LogP contribution is 2.41. The van der Waals surface area contributed by atoms with Crippen molar-refractivity contribution in [1.82, 2.24) is 20.8 Å². The number of H-pyrrole nitrogens is 1. The van der Waals surface area contributed by atoms with Crippen molar-refractivity contribution in [3.05, 3.63) is 51.7 Å². The van der Waals surface area contributed by atoms with Crippen LogP contribution in [-0.4, -0.2) is 60.0 Å². The average molecular weight is 527 g/mol. The number of rotatable bonds is 7. The summed E-state index contributed by atoms with van der Waals surface area (Å²) < 4.78 is 18.5. The molecule has 0 unspecified atom stereocenters. The van der Waals surface area contributed by atoms with Crippen molar-refractivity contribution in [2.75, 3.05) is 35.7 Å². The van der Waals surface area contributed by atoms with Crippen LogP contribution >= 0.6 is 23.2 Å². The van der Waals surface area contributed by atoms with Gasteiger partial charge >= 0.3 is 12.1 Å². The molecule has 3 amide bonds. The van der Waals surface area contributed by atoms with Crippen molar-refractivity contribution in [3.8, 4) is 0 Å². The molecule has 2 fully saturated rings. The summed E-state index contributed by atoms with van der Waals surface area (Å²) in [4.78, 5) is 38.0. The van der Waals surface area contributed by atoms with E-state index in [1.165, 1.54) is 30.5 Å². The molecular weight excluding hydrogens is 502 g/mol. The Labute approximate surface area is 210 Å². The lowest BCUT2D eigenvalue weighted by Crippen LogP contribution is -2.56. The maximum absolute atomic E-state index is 13.0. The van der Waals surface area contributed by atoms with Crippen LogP contribution in [-0.2, 0) is 4.74 Å². The molecule has 188 valence electrons. The van der Waals surface area contributed by atoms with Gasteiger partial charge in [-0.2, -0.15) is 5.10 Å². The van der Waals surface area contributed by atoms with E-state index >= 15 is 0 Å². The van der Waals surface area contributed by atoms with E-state index in [1.807, 2.05) is 4.90 Å². The van der Waals surface area contributed by atoms with E-state index in [9.17, 15) is 18.8 Å². The number of alkyl halides is 1. The van der Waals surface area contributed by atoms with Crippen LogP contribution in [0.1, 0.15) is 19.3 Å². The number of amides is 3. The number of carbonyl (C=O) groups excluding carboxylic acids is 2. The lowest BCUT2D eigenvalue weighted by Gasteiger charge is -2.46. The zero-order valence-electron chi connectivity index (χ0n) is 18.7. The quantitative estimate of drug-likeness (QED) is 0.410. The summed E-state index contributed by atoms with van der Waals surface area (Å²) in [5, 5.41) is 14.4. The number of ether oxygens (including phenoxy) is 1. The number of hydrogen-bond acceptors (Lipinski definition) is 6. The maximum Gasteiger partial charge on any atom is 0.407 e. The minimum absolute atomic E-state index is 0.0527. The number of hydrogen-bond donors (Lipinski definition) is 4. The topological polar surface area (TPSA) is 128 Å². The van der Waals surface area contributed by atoms with Gasteiger partial charge in [-0.3, -0.25) is 4.79 Å². The third-order valence-corrected chi connectivity index (χ3v) is 7.16. The molecule has 1 saturated heterocycles. The van der Waals surface area contributed by atoms with Gasteiger partial charge in [0.25, 0.3) is 5.56 Å². The van der Waals surface area contributed by atoms with E-state index in [0.29, 0.717) is 56.2 Å². The molecule has 4 N–H and O–H groups in total. The molecule has 1 aliphatic carbocycles. The molecule has 1 aliphatic heterocycles. The average Bonchev–Trinajstić information content (AvgIpc) is 3.26. The molecule has 1 aromatic carbocycles. The molecular formula is C22H25Cl2FN6O4. The van der Waals surface area contributed by atoms with Crippen molar-refractivity contribution < 1.29 is 18.7 Å². The summed E-state index contributed by atoms with van der Waals surface area (Å²) in [7, 11) is 0. The summed E-state index contributed by atoms with van der Waals surface area (Å²) in [5.41, 5.74) is 0.168. The first-order chi connectivity index (χ1) is 16.8. The predicted molar refractivity (Wildman–Crippen MR) is 130 cm³/mol. The van der Waals surface area contributed by atoms with Gasteiger partial charge in [0.05, 0.1) is 18.4 Å². The SMILES string of the molecule is O=C(NCC1(CCl)CC(NC(=O)O[C@@H]2CCN(c3cn[nH]c(=O)c3Cl)C2)C1)Nc1ccc(F)cc1.